The lowest BCUT2D eigenvalue weighted by molar-refractivity contribution is -0.294. The van der Waals surface area contributed by atoms with E-state index in [2.05, 4.69) is 0 Å². The predicted octanol–water partition coefficient (Wildman–Crippen LogP) is 1.78. The van der Waals surface area contributed by atoms with Crippen molar-refractivity contribution in [2.75, 3.05) is 0 Å². The van der Waals surface area contributed by atoms with Crippen molar-refractivity contribution in [1.29, 1.82) is 0 Å². The molecule has 2 aliphatic rings. The topological polar surface area (TPSA) is 149 Å². The van der Waals surface area contributed by atoms with Crippen LogP contribution in [-0.2, 0) is 19.2 Å². The van der Waals surface area contributed by atoms with Crippen LogP contribution in [0.15, 0.2) is 0 Å². The van der Waals surface area contributed by atoms with E-state index in [1.54, 1.807) is 20.8 Å². The van der Waals surface area contributed by atoms with Crippen LogP contribution < -0.4 is 0 Å². The van der Waals surface area contributed by atoms with Crippen LogP contribution in [0.3, 0.4) is 0 Å². The van der Waals surface area contributed by atoms with Gasteiger partial charge in [0.05, 0.1) is 22.7 Å². The van der Waals surface area contributed by atoms with Crippen molar-refractivity contribution in [2.45, 2.75) is 46.5 Å². The van der Waals surface area contributed by atoms with E-state index < -0.39 is 57.9 Å². The molecule has 0 saturated heterocycles. The second-order valence-corrected chi connectivity index (χ2v) is 7.49. The van der Waals surface area contributed by atoms with E-state index in [4.69, 9.17) is 0 Å². The number of carbonyl (C=O) groups is 4. The van der Waals surface area contributed by atoms with Crippen molar-refractivity contribution in [3.05, 3.63) is 0 Å². The van der Waals surface area contributed by atoms with Crippen molar-refractivity contribution in [1.82, 2.24) is 0 Å². The van der Waals surface area contributed by atoms with E-state index in [0.29, 0.717) is 0 Å². The molecule has 2 aliphatic carbocycles. The summed E-state index contributed by atoms with van der Waals surface area (Å²) in [6.07, 6.45) is -0.205. The molecule has 2 fully saturated rings. The summed E-state index contributed by atoms with van der Waals surface area (Å²) >= 11 is 0. The van der Waals surface area contributed by atoms with Gasteiger partial charge in [-0.15, -0.1) is 0 Å². The van der Waals surface area contributed by atoms with Crippen LogP contribution in [0.4, 0.5) is 0 Å². The lowest BCUT2D eigenvalue weighted by Gasteiger charge is -2.74. The fourth-order valence-corrected chi connectivity index (χ4v) is 6.23. The van der Waals surface area contributed by atoms with Crippen LogP contribution in [0.5, 0.6) is 0 Å². The van der Waals surface area contributed by atoms with E-state index in [1.807, 2.05) is 0 Å². The maximum atomic E-state index is 12.2. The van der Waals surface area contributed by atoms with Crippen molar-refractivity contribution in [2.24, 2.45) is 34.0 Å². The van der Waals surface area contributed by atoms with Crippen molar-refractivity contribution < 1.29 is 39.6 Å². The Morgan fingerprint density at radius 3 is 1.72 bits per heavy atom. The lowest BCUT2D eigenvalue weighted by atomic mass is 9.26. The van der Waals surface area contributed by atoms with E-state index in [0.717, 1.165) is 0 Å². The van der Waals surface area contributed by atoms with Crippen molar-refractivity contribution >= 4 is 23.9 Å². The van der Waals surface area contributed by atoms with Gasteiger partial charge in [0.25, 0.3) is 0 Å². The van der Waals surface area contributed by atoms with E-state index in [-0.39, 0.29) is 25.7 Å². The summed E-state index contributed by atoms with van der Waals surface area (Å²) < 4.78 is 0. The molecule has 0 heterocycles. The molecule has 4 N–H and O–H groups in total. The third-order valence-electron chi connectivity index (χ3n) is 7.19. The molecule has 0 spiro atoms. The Hall–Kier alpha value is -2.12. The summed E-state index contributed by atoms with van der Waals surface area (Å²) in [7, 11) is 0. The zero-order chi connectivity index (χ0) is 19.4. The molecular formula is C17H24O8. The minimum atomic E-state index is -1.62. The first-order chi connectivity index (χ1) is 11.5. The maximum absolute atomic E-state index is 12.2. The molecule has 0 aromatic carbocycles. The van der Waals surface area contributed by atoms with Crippen molar-refractivity contribution in [3.8, 4) is 0 Å². The number of hydrogen-bond acceptors (Lipinski definition) is 4. The standard InChI is InChI=1S/C17H24O8/c1-4-16(13(22)23)10-6-8(11(18)19)9(12(20)21)7-15(10,3)17(16,5-2)14(24)25/h8-10H,4-7H2,1-3H3,(H,18,19)(H,20,21)(H,22,23)(H,24,25). The Bertz CT molecular complexity index is 643. The highest BCUT2D eigenvalue weighted by molar-refractivity contribution is 5.92. The average molecular weight is 356 g/mol. The Labute approximate surface area is 144 Å². The number of carboxylic acids is 4. The highest BCUT2D eigenvalue weighted by atomic mass is 16.4. The number of fused-ring (bicyclic) bond motifs is 1. The Morgan fingerprint density at radius 2 is 1.40 bits per heavy atom. The van der Waals surface area contributed by atoms with E-state index >= 15 is 0 Å². The molecule has 0 aromatic rings. The van der Waals surface area contributed by atoms with Gasteiger partial charge in [0, 0.05) is 0 Å². The van der Waals surface area contributed by atoms with E-state index in [1.165, 1.54) is 0 Å². The Balaban J connectivity index is 2.69. The van der Waals surface area contributed by atoms with Gasteiger partial charge >= 0.3 is 23.9 Å². The van der Waals surface area contributed by atoms with Gasteiger partial charge in [0.15, 0.2) is 0 Å². The highest BCUT2D eigenvalue weighted by Crippen LogP contribution is 2.79. The zero-order valence-electron chi connectivity index (χ0n) is 14.5. The molecule has 140 valence electrons. The monoisotopic (exact) mass is 356 g/mol. The summed E-state index contributed by atoms with van der Waals surface area (Å²) in [6.45, 7) is 4.81. The van der Waals surface area contributed by atoms with Crippen LogP contribution in [0.25, 0.3) is 0 Å². The van der Waals surface area contributed by atoms with Gasteiger partial charge in [-0.3, -0.25) is 19.2 Å². The minimum absolute atomic E-state index is 0.0412. The number of hydrogen-bond donors (Lipinski definition) is 4. The van der Waals surface area contributed by atoms with E-state index in [9.17, 15) is 39.6 Å². The second kappa shape index (κ2) is 5.71. The molecule has 2 saturated carbocycles. The van der Waals surface area contributed by atoms with Crippen LogP contribution in [-0.4, -0.2) is 44.3 Å². The smallest absolute Gasteiger partial charge is 0.311 e. The molecule has 6 unspecified atom stereocenters. The minimum Gasteiger partial charge on any atom is -0.481 e. The first-order valence-electron chi connectivity index (χ1n) is 8.40. The lowest BCUT2D eigenvalue weighted by Crippen LogP contribution is -2.78. The molecular weight excluding hydrogens is 332 g/mol. The van der Waals surface area contributed by atoms with Crippen LogP contribution in [0, 0.1) is 34.0 Å². The van der Waals surface area contributed by atoms with Crippen LogP contribution in [0.2, 0.25) is 0 Å². The first-order valence-corrected chi connectivity index (χ1v) is 8.40. The molecule has 0 bridgehead atoms. The Kier molecular flexibility index (Phi) is 4.39. The largest absolute Gasteiger partial charge is 0.481 e. The van der Waals surface area contributed by atoms with Crippen LogP contribution >= 0.6 is 0 Å². The molecule has 0 amide bonds. The zero-order valence-corrected chi connectivity index (χ0v) is 14.5. The predicted molar refractivity (Wildman–Crippen MR) is 83.8 cm³/mol. The molecule has 0 aliphatic heterocycles. The maximum Gasteiger partial charge on any atom is 0.311 e. The third kappa shape index (κ3) is 1.93. The van der Waals surface area contributed by atoms with Gasteiger partial charge in [0.1, 0.15) is 0 Å². The normalized spacial score (nSPS) is 42.8. The van der Waals surface area contributed by atoms with Gasteiger partial charge < -0.3 is 20.4 Å². The molecule has 6 atom stereocenters. The van der Waals surface area contributed by atoms with Gasteiger partial charge in [-0.05, 0) is 37.0 Å². The summed E-state index contributed by atoms with van der Waals surface area (Å²) in [6, 6.07) is 0. The Morgan fingerprint density at radius 1 is 0.880 bits per heavy atom. The summed E-state index contributed by atoms with van der Waals surface area (Å²) in [4.78, 5) is 47.6. The fourth-order valence-electron chi connectivity index (χ4n) is 6.23. The third-order valence-corrected chi connectivity index (χ3v) is 7.19. The highest BCUT2D eigenvalue weighted by Gasteiger charge is 2.84. The van der Waals surface area contributed by atoms with Crippen molar-refractivity contribution in [3.63, 3.8) is 0 Å². The molecule has 2 rings (SSSR count). The SMILES string of the molecule is CCC1(C(=O)O)C2CC(C(=O)O)C(C(=O)O)CC2(C)C1(CC)C(=O)O. The number of rotatable bonds is 6. The number of aliphatic carboxylic acids is 4. The summed E-state index contributed by atoms with van der Waals surface area (Å²) in [5.74, 6) is -8.22. The molecule has 8 heteroatoms. The molecule has 0 aromatic heterocycles. The average Bonchev–Trinajstić information content (AvgIpc) is 2.49. The summed E-state index contributed by atoms with van der Waals surface area (Å²) in [5, 5.41) is 38.8. The van der Waals surface area contributed by atoms with Crippen LogP contribution in [0.1, 0.15) is 46.5 Å². The molecule has 8 nitrogen and oxygen atoms in total. The van der Waals surface area contributed by atoms with Gasteiger partial charge in [0.2, 0.25) is 0 Å². The second-order valence-electron chi connectivity index (χ2n) is 7.49. The van der Waals surface area contributed by atoms with Gasteiger partial charge in [-0.25, -0.2) is 0 Å². The van der Waals surface area contributed by atoms with Gasteiger partial charge in [-0.2, -0.15) is 0 Å². The number of carboxylic acid groups (broad SMARTS) is 4. The molecule has 25 heavy (non-hydrogen) atoms. The fraction of sp³-hybridized carbons (Fsp3) is 0.765. The van der Waals surface area contributed by atoms with Gasteiger partial charge in [-0.1, -0.05) is 20.8 Å². The first kappa shape index (κ1) is 19.2. The quantitative estimate of drug-likeness (QED) is 0.562. The summed E-state index contributed by atoms with van der Waals surface area (Å²) in [5.41, 5.74) is -4.31. The molecule has 0 radical (unpaired) electrons.